The summed E-state index contributed by atoms with van der Waals surface area (Å²) in [5.41, 5.74) is 0.886. The van der Waals surface area contributed by atoms with Gasteiger partial charge < -0.3 is 84.6 Å². The number of phenols is 4. The molecule has 0 aliphatic carbocycles. The molecular weight excluding hydrogens is 720 g/mol. The summed E-state index contributed by atoms with van der Waals surface area (Å²) >= 11 is 0. The number of carbonyl (C=O) groups excluding carboxylic acids is 1. The number of rotatable bonds is 10. The predicted molar refractivity (Wildman–Crippen MR) is 181 cm³/mol. The first kappa shape index (κ1) is 38.6. The minimum absolute atomic E-state index is 0.0357. The molecule has 54 heavy (non-hydrogen) atoms. The van der Waals surface area contributed by atoms with Gasteiger partial charge in [-0.25, -0.2) is 4.79 Å². The molecule has 0 saturated carbocycles. The van der Waals surface area contributed by atoms with Crippen LogP contribution >= 0.6 is 0 Å². The minimum Gasteiger partial charge on any atom is -0.571 e. The molecule has 0 spiro atoms. The SMILES string of the molecule is O=C(/C=C/c1ccc(O)cc1)OC[C@@H]1O[C@@H](Oc2cc(O)cc3c2C=C(O[C@@H]2O[C@@H](CO)[C@@H](O)[C@H](O)[C@H]2O)C(c2ccc(O)c(O)c2)[OH+]3)[C@@H](O)[C@@H](O)[C@@H]1O. The maximum absolute atomic E-state index is 12.4. The van der Waals surface area contributed by atoms with Crippen molar-refractivity contribution in [2.24, 2.45) is 0 Å². The number of hydrogen-bond donors (Lipinski definition) is 11. The molecule has 1 unspecified atom stereocenters. The molecule has 3 aliphatic rings. The molecule has 3 heterocycles. The molecule has 2 fully saturated rings. The lowest BCUT2D eigenvalue weighted by Gasteiger charge is -2.41. The van der Waals surface area contributed by atoms with Crippen LogP contribution in [-0.2, 0) is 23.7 Å². The van der Waals surface area contributed by atoms with Crippen molar-refractivity contribution >= 4 is 18.1 Å². The molecule has 3 aliphatic heterocycles. The highest BCUT2D eigenvalue weighted by Crippen LogP contribution is 2.47. The van der Waals surface area contributed by atoms with E-state index in [1.165, 1.54) is 48.6 Å². The van der Waals surface area contributed by atoms with E-state index in [2.05, 4.69) is 4.74 Å². The average molecular weight is 760 g/mol. The Morgan fingerprint density at radius 3 is 2.04 bits per heavy atom. The predicted octanol–water partition coefficient (Wildman–Crippen LogP) is -0.894. The zero-order valence-corrected chi connectivity index (χ0v) is 28.0. The Morgan fingerprint density at radius 2 is 1.37 bits per heavy atom. The normalized spacial score (nSPS) is 30.9. The van der Waals surface area contributed by atoms with Gasteiger partial charge in [0.25, 0.3) is 11.9 Å². The van der Waals surface area contributed by atoms with E-state index in [1.54, 1.807) is 12.1 Å². The lowest BCUT2D eigenvalue weighted by molar-refractivity contribution is -0.295. The van der Waals surface area contributed by atoms with E-state index in [0.29, 0.717) is 5.56 Å². The van der Waals surface area contributed by atoms with Gasteiger partial charge in [-0.1, -0.05) is 12.1 Å². The van der Waals surface area contributed by atoms with Gasteiger partial charge in [-0.3, -0.25) is 0 Å². The van der Waals surface area contributed by atoms with E-state index in [4.69, 9.17) is 23.7 Å². The number of esters is 1. The monoisotopic (exact) mass is 759 g/mol. The first-order chi connectivity index (χ1) is 25.7. The lowest BCUT2D eigenvalue weighted by atomic mass is 9.98. The van der Waals surface area contributed by atoms with E-state index < -0.39 is 98.2 Å². The van der Waals surface area contributed by atoms with Crippen LogP contribution in [0.4, 0.5) is 0 Å². The minimum atomic E-state index is -1.87. The second kappa shape index (κ2) is 16.1. The third-order valence-corrected chi connectivity index (χ3v) is 8.95. The molecule has 0 aromatic heterocycles. The van der Waals surface area contributed by atoms with Crippen LogP contribution in [0.3, 0.4) is 0 Å². The van der Waals surface area contributed by atoms with Crippen LogP contribution in [0.5, 0.6) is 34.5 Å². The molecule has 11 atom stereocenters. The third kappa shape index (κ3) is 8.16. The molecule has 3 aromatic carbocycles. The second-order valence-corrected chi connectivity index (χ2v) is 12.7. The molecule has 290 valence electrons. The van der Waals surface area contributed by atoms with Crippen molar-refractivity contribution in [3.8, 4) is 34.5 Å². The summed E-state index contributed by atoms with van der Waals surface area (Å²) in [6.07, 6.45) is -14.3. The molecule has 3 aromatic rings. The summed E-state index contributed by atoms with van der Waals surface area (Å²) in [4.78, 5) is 12.4. The van der Waals surface area contributed by atoms with Crippen molar-refractivity contribution in [3.05, 3.63) is 83.1 Å². The van der Waals surface area contributed by atoms with Crippen LogP contribution in [0, 0.1) is 0 Å². The lowest BCUT2D eigenvalue weighted by Crippen LogP contribution is -2.60. The largest absolute Gasteiger partial charge is 0.571 e. The summed E-state index contributed by atoms with van der Waals surface area (Å²) < 4.78 is 32.9. The van der Waals surface area contributed by atoms with Crippen molar-refractivity contribution in [3.63, 3.8) is 0 Å². The van der Waals surface area contributed by atoms with Crippen LogP contribution in [0.15, 0.2) is 66.4 Å². The van der Waals surface area contributed by atoms with Gasteiger partial charge in [0.15, 0.2) is 17.3 Å². The van der Waals surface area contributed by atoms with Gasteiger partial charge in [0.2, 0.25) is 12.6 Å². The molecule has 12 N–H and O–H groups in total. The van der Waals surface area contributed by atoms with E-state index in [1.807, 2.05) is 0 Å². The van der Waals surface area contributed by atoms with Crippen molar-refractivity contribution in [1.29, 1.82) is 0 Å². The maximum Gasteiger partial charge on any atom is 0.330 e. The Morgan fingerprint density at radius 1 is 0.722 bits per heavy atom. The van der Waals surface area contributed by atoms with Gasteiger partial charge in [-0.2, -0.15) is 0 Å². The molecule has 0 bridgehead atoms. The van der Waals surface area contributed by atoms with Crippen LogP contribution in [0.25, 0.3) is 12.2 Å². The fourth-order valence-electron chi connectivity index (χ4n) is 5.96. The van der Waals surface area contributed by atoms with Crippen LogP contribution in [0.1, 0.15) is 22.8 Å². The quantitative estimate of drug-likeness (QED) is 0.0517. The molecule has 2 saturated heterocycles. The highest BCUT2D eigenvalue weighted by Gasteiger charge is 2.48. The third-order valence-electron chi connectivity index (χ3n) is 8.95. The number of carbonyl (C=O) groups is 1. The van der Waals surface area contributed by atoms with Crippen LogP contribution in [0.2, 0.25) is 0 Å². The van der Waals surface area contributed by atoms with E-state index in [0.717, 1.165) is 12.1 Å². The Kier molecular flexibility index (Phi) is 11.5. The summed E-state index contributed by atoms with van der Waals surface area (Å²) in [6.45, 7) is -1.33. The smallest absolute Gasteiger partial charge is 0.330 e. The zero-order chi connectivity index (χ0) is 38.8. The number of aromatic hydroxyl groups is 5. The van der Waals surface area contributed by atoms with Gasteiger partial charge in [0.05, 0.1) is 18.2 Å². The molecule has 18 nitrogen and oxygen atoms in total. The van der Waals surface area contributed by atoms with Gasteiger partial charge in [0.1, 0.15) is 78.3 Å². The molecule has 0 radical (unpaired) electrons. The fourth-order valence-corrected chi connectivity index (χ4v) is 5.96. The Balaban J connectivity index is 1.26. The van der Waals surface area contributed by atoms with Crippen LogP contribution < -0.4 is 4.74 Å². The summed E-state index contributed by atoms with van der Waals surface area (Å²) in [5, 5.41) is 113. The number of benzene rings is 3. The Labute approximate surface area is 305 Å². The Hall–Kier alpha value is -5.15. The van der Waals surface area contributed by atoms with E-state index >= 15 is 0 Å². The summed E-state index contributed by atoms with van der Waals surface area (Å²) in [5.74, 6) is -2.43. The van der Waals surface area contributed by atoms with Crippen molar-refractivity contribution in [2.45, 2.75) is 67.5 Å². The van der Waals surface area contributed by atoms with Gasteiger partial charge in [0, 0.05) is 18.2 Å². The fraction of sp³-hybridized carbons (Fsp3) is 0.361. The van der Waals surface area contributed by atoms with Crippen molar-refractivity contribution in [2.75, 3.05) is 13.2 Å². The number of aliphatic hydroxyl groups is 8. The van der Waals surface area contributed by atoms with E-state index in [-0.39, 0.29) is 39.9 Å². The van der Waals surface area contributed by atoms with Gasteiger partial charge >= 0.3 is 5.97 Å². The first-order valence-electron chi connectivity index (χ1n) is 16.5. The number of hydrogen-bond acceptors (Lipinski definition) is 17. The maximum atomic E-state index is 12.4. The average Bonchev–Trinajstić information content (AvgIpc) is 3.15. The Bertz CT molecular complexity index is 1860. The topological polar surface area (TPSA) is 299 Å². The van der Waals surface area contributed by atoms with Crippen LogP contribution in [-0.4, -0.2) is 142 Å². The molecule has 18 heteroatoms. The molecular formula is C36H39O18+. The number of ether oxygens (including phenoxy) is 6. The highest BCUT2D eigenvalue weighted by atomic mass is 16.7. The summed E-state index contributed by atoms with van der Waals surface area (Å²) in [6, 6.07) is 12.1. The van der Waals surface area contributed by atoms with E-state index in [9.17, 15) is 61.0 Å². The zero-order valence-electron chi connectivity index (χ0n) is 28.0. The van der Waals surface area contributed by atoms with Crippen molar-refractivity contribution in [1.82, 2.24) is 0 Å². The number of phenolic OH excluding ortho intramolecular Hbond substituents is 4. The van der Waals surface area contributed by atoms with Gasteiger partial charge in [-0.05, 0) is 42.0 Å². The summed E-state index contributed by atoms with van der Waals surface area (Å²) in [7, 11) is 0. The number of aliphatic hydroxyl groups excluding tert-OH is 7. The molecule has 6 rings (SSSR count). The molecule has 0 amide bonds. The highest BCUT2D eigenvalue weighted by molar-refractivity contribution is 5.87. The standard InChI is InChI=1S/C36H38O18/c37-13-25-28(43)30(45)32(47)36(53-25)52-24-12-19-22(50-34(24)16-4-7-20(40)21(41)9-16)10-18(39)11-23(19)51-35-33(48)31(46)29(44)26(54-35)14-49-27(42)8-3-15-1-5-17(38)6-2-15/h1-12,25-26,28-41,43-48H,13-14H2/p+1/b8-3+/t25-,26-,28+,29+,30-,31-,32+,33-,34?,35+,36+/m0/s1. The van der Waals surface area contributed by atoms with Crippen molar-refractivity contribution < 1.29 is 89.4 Å². The van der Waals surface area contributed by atoms with Gasteiger partial charge in [-0.15, -0.1) is 0 Å². The first-order valence-corrected chi connectivity index (χ1v) is 16.5. The number of fused-ring (bicyclic) bond motifs is 1. The second-order valence-electron chi connectivity index (χ2n) is 12.7.